The molecular weight excluding hydrogens is 461 g/mol. The Morgan fingerprint density at radius 3 is 2.58 bits per heavy atom. The van der Waals surface area contributed by atoms with Crippen molar-refractivity contribution in [2.24, 2.45) is 5.92 Å². The van der Waals surface area contributed by atoms with Gasteiger partial charge in [0.1, 0.15) is 0 Å². The van der Waals surface area contributed by atoms with Crippen molar-refractivity contribution in [3.63, 3.8) is 0 Å². The Bertz CT molecular complexity index is 1240. The number of halogens is 1. The van der Waals surface area contributed by atoms with Crippen LogP contribution in [-0.4, -0.2) is 56.8 Å². The van der Waals surface area contributed by atoms with E-state index in [1.54, 1.807) is 12.3 Å². The second-order valence-electron chi connectivity index (χ2n) is 9.77. The van der Waals surface area contributed by atoms with Crippen LogP contribution in [0.2, 0.25) is 0 Å². The third-order valence-electron chi connectivity index (χ3n) is 6.43. The maximum Gasteiger partial charge on any atom is 0.352 e. The van der Waals surface area contributed by atoms with E-state index >= 15 is 0 Å². The fourth-order valence-electron chi connectivity index (χ4n) is 4.56. The first kappa shape index (κ1) is 25.8. The second-order valence-corrected chi connectivity index (χ2v) is 9.77. The number of pyridine rings is 1. The molecule has 0 N–H and O–H groups in total. The molecule has 1 aliphatic heterocycles. The van der Waals surface area contributed by atoms with Crippen molar-refractivity contribution < 1.29 is 13.9 Å². The van der Waals surface area contributed by atoms with Gasteiger partial charge in [-0.05, 0) is 68.1 Å². The lowest BCUT2D eigenvalue weighted by molar-refractivity contribution is -0.120. The SMILES string of the molecule is COc1cc(-c2nn(-c3ccc(CCN4CCCCC4)cn3)c(=O)n2CC(=O)CC(C)C)ccc1F. The van der Waals surface area contributed by atoms with Crippen LogP contribution in [0, 0.1) is 11.7 Å². The number of piperidine rings is 1. The summed E-state index contributed by atoms with van der Waals surface area (Å²) in [5, 5.41) is 4.50. The molecule has 1 aromatic carbocycles. The van der Waals surface area contributed by atoms with Crippen LogP contribution in [-0.2, 0) is 17.8 Å². The zero-order valence-corrected chi connectivity index (χ0v) is 21.2. The number of carbonyl (C=O) groups excluding carboxylic acids is 1. The minimum absolute atomic E-state index is 0.0331. The summed E-state index contributed by atoms with van der Waals surface area (Å²) in [5.74, 6) is 0.219. The van der Waals surface area contributed by atoms with E-state index in [-0.39, 0.29) is 29.8 Å². The van der Waals surface area contributed by atoms with Crippen molar-refractivity contribution in [1.82, 2.24) is 24.2 Å². The number of benzene rings is 1. The molecule has 0 amide bonds. The van der Waals surface area contributed by atoms with Crippen LogP contribution >= 0.6 is 0 Å². The number of ether oxygens (including phenoxy) is 1. The standard InChI is InChI=1S/C27H34FN5O3/c1-19(2)15-22(34)18-32-26(21-8-9-23(28)24(16-21)36-3)30-33(27(32)35)25-10-7-20(17-29-25)11-14-31-12-5-4-6-13-31/h7-10,16-17,19H,4-6,11-15,18H2,1-3H3. The van der Waals surface area contributed by atoms with E-state index in [9.17, 15) is 14.0 Å². The molecule has 1 aliphatic rings. The van der Waals surface area contributed by atoms with E-state index in [1.807, 2.05) is 19.9 Å². The molecule has 0 unspecified atom stereocenters. The molecule has 0 bridgehead atoms. The molecule has 4 rings (SSSR count). The van der Waals surface area contributed by atoms with Crippen LogP contribution in [0.4, 0.5) is 4.39 Å². The first-order valence-electron chi connectivity index (χ1n) is 12.6. The predicted molar refractivity (Wildman–Crippen MR) is 136 cm³/mol. The van der Waals surface area contributed by atoms with Gasteiger partial charge in [0.2, 0.25) is 0 Å². The molecule has 192 valence electrons. The van der Waals surface area contributed by atoms with Crippen LogP contribution < -0.4 is 10.4 Å². The van der Waals surface area contributed by atoms with Crippen LogP contribution in [0.25, 0.3) is 17.2 Å². The largest absolute Gasteiger partial charge is 0.494 e. The highest BCUT2D eigenvalue weighted by Crippen LogP contribution is 2.25. The molecule has 0 aliphatic carbocycles. The van der Waals surface area contributed by atoms with Gasteiger partial charge in [0.15, 0.2) is 29.0 Å². The van der Waals surface area contributed by atoms with Crippen LogP contribution in [0.15, 0.2) is 41.3 Å². The normalized spacial score (nSPS) is 14.4. The number of Topliss-reactive ketones (excluding diaryl/α,β-unsaturated/α-hetero) is 1. The van der Waals surface area contributed by atoms with Gasteiger partial charge in [-0.1, -0.05) is 26.3 Å². The number of methoxy groups -OCH3 is 1. The molecule has 8 nitrogen and oxygen atoms in total. The third kappa shape index (κ3) is 6.07. The number of aromatic nitrogens is 4. The number of carbonyl (C=O) groups is 1. The molecule has 0 spiro atoms. The van der Waals surface area contributed by atoms with Gasteiger partial charge in [0.25, 0.3) is 0 Å². The van der Waals surface area contributed by atoms with Crippen molar-refractivity contribution in [3.8, 4) is 23.0 Å². The molecule has 0 atom stereocenters. The number of ketones is 1. The van der Waals surface area contributed by atoms with E-state index in [1.165, 1.54) is 53.8 Å². The molecule has 9 heteroatoms. The molecule has 3 aromatic rings. The molecule has 1 fully saturated rings. The summed E-state index contributed by atoms with van der Waals surface area (Å²) >= 11 is 0. The van der Waals surface area contributed by atoms with Gasteiger partial charge < -0.3 is 9.64 Å². The lowest BCUT2D eigenvalue weighted by atomic mass is 10.1. The highest BCUT2D eigenvalue weighted by molar-refractivity contribution is 5.79. The average Bonchev–Trinajstić information content (AvgIpc) is 3.19. The predicted octanol–water partition coefficient (Wildman–Crippen LogP) is 3.89. The van der Waals surface area contributed by atoms with E-state index in [0.717, 1.165) is 31.6 Å². The molecule has 0 saturated carbocycles. The first-order valence-corrected chi connectivity index (χ1v) is 12.6. The Morgan fingerprint density at radius 2 is 1.92 bits per heavy atom. The fourth-order valence-corrected chi connectivity index (χ4v) is 4.56. The summed E-state index contributed by atoms with van der Waals surface area (Å²) in [4.78, 5) is 33.0. The number of nitrogens with zero attached hydrogens (tertiary/aromatic N) is 5. The Morgan fingerprint density at radius 1 is 1.14 bits per heavy atom. The molecule has 2 aromatic heterocycles. The fraction of sp³-hybridized carbons (Fsp3) is 0.481. The summed E-state index contributed by atoms with van der Waals surface area (Å²) < 4.78 is 21.6. The molecule has 1 saturated heterocycles. The van der Waals surface area contributed by atoms with Gasteiger partial charge in [0.05, 0.1) is 13.7 Å². The van der Waals surface area contributed by atoms with Crippen LogP contribution in [0.5, 0.6) is 5.75 Å². The highest BCUT2D eigenvalue weighted by Gasteiger charge is 2.21. The number of hydrogen-bond acceptors (Lipinski definition) is 6. The molecule has 3 heterocycles. The molecule has 36 heavy (non-hydrogen) atoms. The minimum atomic E-state index is -0.521. The summed E-state index contributed by atoms with van der Waals surface area (Å²) in [6, 6.07) is 7.98. The van der Waals surface area contributed by atoms with Crippen LogP contribution in [0.3, 0.4) is 0 Å². The summed E-state index contributed by atoms with van der Waals surface area (Å²) in [5.41, 5.74) is 1.09. The van der Waals surface area contributed by atoms with Crippen molar-refractivity contribution in [2.75, 3.05) is 26.7 Å². The van der Waals surface area contributed by atoms with E-state index in [4.69, 9.17) is 4.74 Å². The Hall–Kier alpha value is -3.33. The molecule has 0 radical (unpaired) electrons. The number of hydrogen-bond donors (Lipinski definition) is 0. The smallest absolute Gasteiger partial charge is 0.352 e. The Kier molecular flexibility index (Phi) is 8.30. The Balaban J connectivity index is 1.63. The number of rotatable bonds is 10. The second kappa shape index (κ2) is 11.6. The maximum absolute atomic E-state index is 14.0. The lowest BCUT2D eigenvalue weighted by Crippen LogP contribution is -2.31. The first-order chi connectivity index (χ1) is 17.4. The van der Waals surface area contributed by atoms with Crippen LogP contribution in [0.1, 0.15) is 45.1 Å². The summed E-state index contributed by atoms with van der Waals surface area (Å²) in [6.45, 7) is 7.05. The minimum Gasteiger partial charge on any atom is -0.494 e. The summed E-state index contributed by atoms with van der Waals surface area (Å²) in [6.07, 6.45) is 6.82. The highest BCUT2D eigenvalue weighted by atomic mass is 19.1. The van der Waals surface area contributed by atoms with Gasteiger partial charge in [-0.2, -0.15) is 4.68 Å². The molecular formula is C27H34FN5O3. The van der Waals surface area contributed by atoms with Crippen molar-refractivity contribution >= 4 is 5.78 Å². The van der Waals surface area contributed by atoms with E-state index in [2.05, 4.69) is 15.0 Å². The summed E-state index contributed by atoms with van der Waals surface area (Å²) in [7, 11) is 1.37. The van der Waals surface area contributed by atoms with Gasteiger partial charge in [-0.3, -0.25) is 9.36 Å². The van der Waals surface area contributed by atoms with Crippen molar-refractivity contribution in [1.29, 1.82) is 0 Å². The quantitative estimate of drug-likeness (QED) is 0.425. The number of likely N-dealkylation sites (tertiary alicyclic amines) is 1. The van der Waals surface area contributed by atoms with Gasteiger partial charge in [-0.15, -0.1) is 5.10 Å². The van der Waals surface area contributed by atoms with Gasteiger partial charge in [0, 0.05) is 24.7 Å². The van der Waals surface area contributed by atoms with E-state index in [0.29, 0.717) is 17.8 Å². The van der Waals surface area contributed by atoms with Gasteiger partial charge >= 0.3 is 5.69 Å². The topological polar surface area (TPSA) is 82.2 Å². The van der Waals surface area contributed by atoms with Gasteiger partial charge in [-0.25, -0.2) is 14.2 Å². The lowest BCUT2D eigenvalue weighted by Gasteiger charge is -2.26. The maximum atomic E-state index is 14.0. The third-order valence-corrected chi connectivity index (χ3v) is 6.43. The monoisotopic (exact) mass is 495 g/mol. The zero-order chi connectivity index (χ0) is 25.7. The Labute approximate surface area is 210 Å². The zero-order valence-electron chi connectivity index (χ0n) is 21.2. The van der Waals surface area contributed by atoms with E-state index < -0.39 is 11.5 Å². The average molecular weight is 496 g/mol. The van der Waals surface area contributed by atoms with Crippen molar-refractivity contribution in [3.05, 3.63) is 58.4 Å². The van der Waals surface area contributed by atoms with Crippen molar-refractivity contribution in [2.45, 2.75) is 52.5 Å².